The maximum Gasteiger partial charge on any atom is 0.250 e. The molecule has 0 atom stereocenters. The Morgan fingerprint density at radius 2 is 2.06 bits per heavy atom. The van der Waals surface area contributed by atoms with Crippen molar-refractivity contribution in [3.63, 3.8) is 0 Å². The zero-order chi connectivity index (χ0) is 22.1. The third kappa shape index (κ3) is 4.28. The number of carbonyl (C=O) groups is 1. The van der Waals surface area contributed by atoms with Gasteiger partial charge in [0, 0.05) is 30.1 Å². The molecule has 4 heterocycles. The monoisotopic (exact) mass is 444 g/mol. The first-order valence-corrected chi connectivity index (χ1v) is 11.0. The van der Waals surface area contributed by atoms with E-state index in [1.165, 1.54) is 12.4 Å². The maximum atomic E-state index is 11.7. The van der Waals surface area contributed by atoms with E-state index < -0.39 is 5.91 Å². The molecule has 0 spiro atoms. The summed E-state index contributed by atoms with van der Waals surface area (Å²) in [6, 6.07) is 10.9. The number of anilines is 2. The van der Waals surface area contributed by atoms with Crippen LogP contribution in [0.2, 0.25) is 0 Å². The third-order valence-corrected chi connectivity index (χ3v) is 6.06. The molecule has 9 heteroatoms. The molecule has 0 bridgehead atoms. The van der Waals surface area contributed by atoms with Crippen molar-refractivity contribution in [3.8, 4) is 22.2 Å². The molecule has 0 aliphatic heterocycles. The number of nitrogens with two attached hydrogens (primary N) is 1. The number of nitrogens with zero attached hydrogens (tertiary/aromatic N) is 4. The predicted octanol–water partition coefficient (Wildman–Crippen LogP) is 4.82. The first-order valence-electron chi connectivity index (χ1n) is 10.2. The van der Waals surface area contributed by atoms with Crippen LogP contribution in [0.25, 0.3) is 11.4 Å². The maximum absolute atomic E-state index is 11.7. The van der Waals surface area contributed by atoms with Crippen LogP contribution in [0.5, 0.6) is 10.8 Å². The van der Waals surface area contributed by atoms with E-state index in [1.54, 1.807) is 35.7 Å². The summed E-state index contributed by atoms with van der Waals surface area (Å²) in [5.41, 5.74) is 8.71. The normalized spacial score (nSPS) is 13.0. The van der Waals surface area contributed by atoms with Gasteiger partial charge in [-0.1, -0.05) is 17.4 Å². The van der Waals surface area contributed by atoms with Crippen molar-refractivity contribution in [3.05, 3.63) is 71.3 Å². The Kier molecular flexibility index (Phi) is 5.24. The van der Waals surface area contributed by atoms with Crippen LogP contribution in [0.4, 0.5) is 11.5 Å². The van der Waals surface area contributed by atoms with Crippen LogP contribution < -0.4 is 15.8 Å². The highest BCUT2D eigenvalue weighted by Crippen LogP contribution is 2.47. The molecule has 1 amide bonds. The molecule has 0 saturated heterocycles. The molecular formula is C23H20N6O2S. The summed E-state index contributed by atoms with van der Waals surface area (Å²) in [5.74, 6) is 1.05. The van der Waals surface area contributed by atoms with E-state index in [-0.39, 0.29) is 0 Å². The molecular weight excluding hydrogens is 424 g/mol. The number of hydrogen-bond acceptors (Lipinski definition) is 8. The topological polar surface area (TPSA) is 116 Å². The summed E-state index contributed by atoms with van der Waals surface area (Å²) < 4.78 is 6.25. The van der Waals surface area contributed by atoms with E-state index in [2.05, 4.69) is 20.3 Å². The number of pyridine rings is 3. The van der Waals surface area contributed by atoms with Gasteiger partial charge < -0.3 is 15.8 Å². The lowest BCUT2D eigenvalue weighted by Gasteiger charge is -2.10. The average Bonchev–Trinajstić information content (AvgIpc) is 3.55. The number of nitrogens with one attached hydrogen (secondary N) is 1. The number of carbonyl (C=O) groups excluding carboxylic acids is 1. The van der Waals surface area contributed by atoms with E-state index >= 15 is 0 Å². The summed E-state index contributed by atoms with van der Waals surface area (Å²) in [4.78, 5) is 29.5. The fourth-order valence-electron chi connectivity index (χ4n) is 3.23. The van der Waals surface area contributed by atoms with Gasteiger partial charge in [-0.05, 0) is 44.0 Å². The minimum absolute atomic E-state index is 0.331. The van der Waals surface area contributed by atoms with Crippen molar-refractivity contribution in [2.24, 2.45) is 5.73 Å². The predicted molar refractivity (Wildman–Crippen MR) is 122 cm³/mol. The van der Waals surface area contributed by atoms with Crippen LogP contribution in [-0.4, -0.2) is 25.8 Å². The van der Waals surface area contributed by atoms with Gasteiger partial charge in [0.25, 0.3) is 5.91 Å². The van der Waals surface area contributed by atoms with Crippen LogP contribution in [-0.2, 0) is 0 Å². The van der Waals surface area contributed by atoms with Gasteiger partial charge in [-0.25, -0.2) is 9.97 Å². The fraction of sp³-hybridized carbons (Fsp3) is 0.174. The van der Waals surface area contributed by atoms with Gasteiger partial charge in [0.2, 0.25) is 5.06 Å². The average molecular weight is 445 g/mol. The van der Waals surface area contributed by atoms with Crippen LogP contribution >= 0.6 is 11.3 Å². The molecule has 4 aromatic heterocycles. The summed E-state index contributed by atoms with van der Waals surface area (Å²) in [5, 5.41) is 4.86. The van der Waals surface area contributed by atoms with Gasteiger partial charge >= 0.3 is 0 Å². The number of primary amides is 1. The summed E-state index contributed by atoms with van der Waals surface area (Å²) in [7, 11) is 0. The smallest absolute Gasteiger partial charge is 0.250 e. The molecule has 5 rings (SSSR count). The van der Waals surface area contributed by atoms with E-state index in [9.17, 15) is 4.79 Å². The highest BCUT2D eigenvalue weighted by molar-refractivity contribution is 7.14. The van der Waals surface area contributed by atoms with Gasteiger partial charge in [-0.15, -0.1) is 0 Å². The number of aromatic nitrogens is 4. The Morgan fingerprint density at radius 3 is 2.84 bits per heavy atom. The zero-order valence-corrected chi connectivity index (χ0v) is 18.1. The van der Waals surface area contributed by atoms with Gasteiger partial charge in [-0.2, -0.15) is 0 Å². The summed E-state index contributed by atoms with van der Waals surface area (Å²) >= 11 is 1.56. The standard InChI is InChI=1S/C23H20N6O2S/c1-13-3-2-4-17(27-13)20-23(32-22(29-20)14-5-6-14)31-15-7-10-26-19(11-15)28-18-12-25-9-8-16(18)21(24)30/h2-4,7-12,14H,5-6H2,1H3,(H2,24,30)(H,26,28). The second-order valence-corrected chi connectivity index (χ2v) is 8.51. The lowest BCUT2D eigenvalue weighted by Crippen LogP contribution is -2.13. The Balaban J connectivity index is 1.45. The van der Waals surface area contributed by atoms with Crippen molar-refractivity contribution in [1.29, 1.82) is 0 Å². The number of thiazole rings is 1. The lowest BCUT2D eigenvalue weighted by atomic mass is 10.2. The zero-order valence-electron chi connectivity index (χ0n) is 17.3. The quantitative estimate of drug-likeness (QED) is 0.420. The largest absolute Gasteiger partial charge is 0.444 e. The number of hydrogen-bond donors (Lipinski definition) is 2. The SMILES string of the molecule is Cc1cccc(-c2nc(C3CC3)sc2Oc2ccnc(Nc3cnccc3C(N)=O)c2)n1. The molecule has 1 saturated carbocycles. The van der Waals surface area contributed by atoms with Gasteiger partial charge in [-0.3, -0.25) is 14.8 Å². The van der Waals surface area contributed by atoms with Crippen molar-refractivity contribution in [2.75, 3.05) is 5.32 Å². The highest BCUT2D eigenvalue weighted by atomic mass is 32.1. The van der Waals surface area contributed by atoms with Crippen LogP contribution in [0.3, 0.4) is 0 Å². The molecule has 8 nitrogen and oxygen atoms in total. The lowest BCUT2D eigenvalue weighted by molar-refractivity contribution is 0.100. The van der Waals surface area contributed by atoms with Gasteiger partial charge in [0.1, 0.15) is 22.3 Å². The molecule has 0 radical (unpaired) electrons. The van der Waals surface area contributed by atoms with Gasteiger partial charge in [0.15, 0.2) is 0 Å². The highest BCUT2D eigenvalue weighted by Gasteiger charge is 2.29. The molecule has 4 aromatic rings. The number of ether oxygens (including phenoxy) is 1. The number of rotatable bonds is 7. The van der Waals surface area contributed by atoms with Gasteiger partial charge in [0.05, 0.1) is 23.1 Å². The van der Waals surface area contributed by atoms with Crippen molar-refractivity contribution in [2.45, 2.75) is 25.7 Å². The Labute approximate surface area is 188 Å². The number of aryl methyl sites for hydroxylation is 1. The summed E-state index contributed by atoms with van der Waals surface area (Å²) in [6.45, 7) is 1.96. The van der Waals surface area contributed by atoms with Crippen LogP contribution in [0.1, 0.15) is 39.8 Å². The van der Waals surface area contributed by atoms with Crippen molar-refractivity contribution < 1.29 is 9.53 Å². The molecule has 0 aromatic carbocycles. The third-order valence-electron chi connectivity index (χ3n) is 4.96. The Hall–Kier alpha value is -3.85. The molecule has 1 aliphatic rings. The first kappa shape index (κ1) is 20.1. The second-order valence-electron chi connectivity index (χ2n) is 7.52. The minimum atomic E-state index is -0.546. The fourth-order valence-corrected chi connectivity index (χ4v) is 4.34. The number of amides is 1. The van der Waals surface area contributed by atoms with E-state index in [4.69, 9.17) is 15.5 Å². The van der Waals surface area contributed by atoms with Crippen LogP contribution in [0, 0.1) is 6.92 Å². The molecule has 32 heavy (non-hydrogen) atoms. The Morgan fingerprint density at radius 1 is 1.19 bits per heavy atom. The molecule has 1 aliphatic carbocycles. The second kappa shape index (κ2) is 8.35. The van der Waals surface area contributed by atoms with E-state index in [0.717, 1.165) is 34.9 Å². The van der Waals surface area contributed by atoms with Crippen molar-refractivity contribution >= 4 is 28.7 Å². The minimum Gasteiger partial charge on any atom is -0.444 e. The van der Waals surface area contributed by atoms with E-state index in [1.807, 2.05) is 25.1 Å². The molecule has 0 unspecified atom stereocenters. The molecule has 3 N–H and O–H groups in total. The molecule has 160 valence electrons. The van der Waals surface area contributed by atoms with Crippen molar-refractivity contribution in [1.82, 2.24) is 19.9 Å². The van der Waals surface area contributed by atoms with E-state index in [0.29, 0.717) is 33.8 Å². The molecule has 1 fully saturated rings. The van der Waals surface area contributed by atoms with Crippen LogP contribution in [0.15, 0.2) is 55.0 Å². The first-order chi connectivity index (χ1) is 15.6. The Bertz CT molecular complexity index is 1300. The summed E-state index contributed by atoms with van der Waals surface area (Å²) in [6.07, 6.45) is 6.99.